The van der Waals surface area contributed by atoms with Gasteiger partial charge in [0.1, 0.15) is 12.6 Å². The predicted molar refractivity (Wildman–Crippen MR) is 114 cm³/mol. The number of amides is 2. The Morgan fingerprint density at radius 1 is 1.03 bits per heavy atom. The number of esters is 1. The molecule has 0 aromatic heterocycles. The summed E-state index contributed by atoms with van der Waals surface area (Å²) in [5.74, 6) is -1.11. The van der Waals surface area contributed by atoms with Gasteiger partial charge in [0.25, 0.3) is 0 Å². The van der Waals surface area contributed by atoms with Crippen LogP contribution in [0.15, 0.2) is 54.6 Å². The fourth-order valence-electron chi connectivity index (χ4n) is 2.93. The number of ether oxygens (including phenoxy) is 2. The average molecular weight is 428 g/mol. The van der Waals surface area contributed by atoms with Crippen LogP contribution in [0.3, 0.4) is 0 Å². The highest BCUT2D eigenvalue weighted by Gasteiger charge is 2.23. The first-order valence-corrected chi connectivity index (χ1v) is 9.92. The minimum Gasteiger partial charge on any atom is -0.467 e. The molecule has 166 valence electrons. The Kier molecular flexibility index (Phi) is 9.51. The lowest BCUT2D eigenvalue weighted by Crippen LogP contribution is -2.45. The molecule has 8 nitrogen and oxygen atoms in total. The highest BCUT2D eigenvalue weighted by molar-refractivity contribution is 5.85. The van der Waals surface area contributed by atoms with Gasteiger partial charge in [-0.25, -0.2) is 9.59 Å². The molecule has 2 amide bonds. The Morgan fingerprint density at radius 2 is 1.74 bits per heavy atom. The van der Waals surface area contributed by atoms with Crippen molar-refractivity contribution in [2.75, 3.05) is 13.7 Å². The van der Waals surface area contributed by atoms with Gasteiger partial charge in [0.05, 0.1) is 19.6 Å². The third-order valence-electron chi connectivity index (χ3n) is 4.46. The monoisotopic (exact) mass is 428 g/mol. The number of aliphatic hydroxyl groups is 1. The number of benzene rings is 2. The average Bonchev–Trinajstić information content (AvgIpc) is 2.76. The maximum Gasteiger partial charge on any atom is 0.407 e. The Morgan fingerprint density at radius 3 is 2.42 bits per heavy atom. The topological polar surface area (TPSA) is 114 Å². The molecule has 0 radical (unpaired) electrons. The van der Waals surface area contributed by atoms with Gasteiger partial charge in [0, 0.05) is 13.0 Å². The Balaban J connectivity index is 1.77. The molecule has 2 rings (SSSR count). The van der Waals surface area contributed by atoms with E-state index in [0.717, 1.165) is 16.7 Å². The molecule has 3 N–H and O–H groups in total. The molecule has 0 aliphatic heterocycles. The molecule has 0 spiro atoms. The van der Waals surface area contributed by atoms with Crippen LogP contribution in [0.25, 0.3) is 0 Å². The van der Waals surface area contributed by atoms with Crippen molar-refractivity contribution in [3.8, 4) is 0 Å². The van der Waals surface area contributed by atoms with Crippen molar-refractivity contribution in [1.29, 1.82) is 0 Å². The summed E-state index contributed by atoms with van der Waals surface area (Å²) in [7, 11) is 1.25. The van der Waals surface area contributed by atoms with E-state index in [4.69, 9.17) is 9.47 Å². The van der Waals surface area contributed by atoms with Crippen molar-refractivity contribution in [2.45, 2.75) is 38.5 Å². The number of nitrogens with one attached hydrogen (secondary N) is 2. The molecule has 0 unspecified atom stereocenters. The minimum atomic E-state index is -1.14. The molecule has 2 aromatic carbocycles. The third kappa shape index (κ3) is 8.88. The molecule has 2 atom stereocenters. The molecule has 0 aliphatic carbocycles. The van der Waals surface area contributed by atoms with E-state index in [1.807, 2.05) is 61.5 Å². The van der Waals surface area contributed by atoms with Crippen LogP contribution in [-0.4, -0.2) is 48.9 Å². The van der Waals surface area contributed by atoms with Crippen molar-refractivity contribution in [3.63, 3.8) is 0 Å². The zero-order valence-corrected chi connectivity index (χ0v) is 17.7. The third-order valence-corrected chi connectivity index (χ3v) is 4.46. The number of methoxy groups -OCH3 is 1. The summed E-state index contributed by atoms with van der Waals surface area (Å²) in [6.07, 6.45) is -1.86. The molecule has 0 saturated heterocycles. The van der Waals surface area contributed by atoms with Gasteiger partial charge in [0.2, 0.25) is 5.91 Å². The van der Waals surface area contributed by atoms with E-state index in [-0.39, 0.29) is 26.0 Å². The summed E-state index contributed by atoms with van der Waals surface area (Å²) in [5, 5.41) is 15.0. The van der Waals surface area contributed by atoms with Crippen LogP contribution in [0.5, 0.6) is 0 Å². The lowest BCUT2D eigenvalue weighted by molar-refractivity contribution is -0.145. The van der Waals surface area contributed by atoms with Gasteiger partial charge in [-0.15, -0.1) is 0 Å². The molecule has 0 aliphatic rings. The Bertz CT molecular complexity index is 871. The Hall–Kier alpha value is -3.39. The molecule has 2 aromatic rings. The van der Waals surface area contributed by atoms with Crippen LogP contribution in [-0.2, 0) is 32.1 Å². The Labute approximate surface area is 181 Å². The molecule has 0 bridgehead atoms. The number of carbonyl (C=O) groups is 3. The van der Waals surface area contributed by atoms with Gasteiger partial charge in [-0.2, -0.15) is 0 Å². The summed E-state index contributed by atoms with van der Waals surface area (Å²) in [6.45, 7) is 1.87. The SMILES string of the molecule is COC(=O)[C@H](Cc1cccc(C)c1)NC(=O)C[C@@H](O)CNC(=O)OCc1ccccc1. The standard InChI is InChI=1S/C23H28N2O6/c1-16-7-6-10-18(11-16)12-20(22(28)30-2)25-21(27)13-19(26)14-24-23(29)31-15-17-8-4-3-5-9-17/h3-11,19-20,26H,12-15H2,1-2H3,(H,24,29)(H,25,27)/t19-,20+/m1/s1. The highest BCUT2D eigenvalue weighted by atomic mass is 16.5. The van der Waals surface area contributed by atoms with E-state index < -0.39 is 30.1 Å². The van der Waals surface area contributed by atoms with Gasteiger partial charge in [-0.1, -0.05) is 60.2 Å². The maximum atomic E-state index is 12.3. The molecule has 0 fully saturated rings. The predicted octanol–water partition coefficient (Wildman–Crippen LogP) is 1.87. The van der Waals surface area contributed by atoms with Crippen molar-refractivity contribution >= 4 is 18.0 Å². The highest BCUT2D eigenvalue weighted by Crippen LogP contribution is 2.08. The van der Waals surface area contributed by atoms with E-state index in [1.54, 1.807) is 0 Å². The first-order chi connectivity index (χ1) is 14.9. The van der Waals surface area contributed by atoms with E-state index in [1.165, 1.54) is 7.11 Å². The van der Waals surface area contributed by atoms with Gasteiger partial charge < -0.3 is 25.2 Å². The number of aryl methyl sites for hydroxylation is 1. The number of hydrogen-bond donors (Lipinski definition) is 3. The molecule has 31 heavy (non-hydrogen) atoms. The first kappa shape index (κ1) is 23.9. The fraction of sp³-hybridized carbons (Fsp3) is 0.348. The van der Waals surface area contributed by atoms with Crippen LogP contribution in [0.2, 0.25) is 0 Å². The van der Waals surface area contributed by atoms with Crippen molar-refractivity contribution in [2.24, 2.45) is 0 Å². The van der Waals surface area contributed by atoms with E-state index in [9.17, 15) is 19.5 Å². The second-order valence-corrected chi connectivity index (χ2v) is 7.14. The minimum absolute atomic E-state index is 0.100. The van der Waals surface area contributed by atoms with Gasteiger partial charge in [-0.05, 0) is 18.1 Å². The maximum absolute atomic E-state index is 12.3. The van der Waals surface area contributed by atoms with Gasteiger partial charge in [0.15, 0.2) is 0 Å². The summed E-state index contributed by atoms with van der Waals surface area (Å²) in [5.41, 5.74) is 2.74. The van der Waals surface area contributed by atoms with Crippen molar-refractivity contribution in [3.05, 3.63) is 71.3 Å². The van der Waals surface area contributed by atoms with E-state index in [0.29, 0.717) is 0 Å². The number of hydrogen-bond acceptors (Lipinski definition) is 6. The molecular formula is C23H28N2O6. The zero-order valence-electron chi connectivity index (χ0n) is 17.7. The van der Waals surface area contributed by atoms with Crippen molar-refractivity contribution in [1.82, 2.24) is 10.6 Å². The summed E-state index contributed by atoms with van der Waals surface area (Å²) >= 11 is 0. The van der Waals surface area contributed by atoms with Crippen molar-refractivity contribution < 1.29 is 29.0 Å². The van der Waals surface area contributed by atoms with Crippen LogP contribution in [0.4, 0.5) is 4.79 Å². The summed E-state index contributed by atoms with van der Waals surface area (Å²) in [6, 6.07) is 15.9. The fourth-order valence-corrected chi connectivity index (χ4v) is 2.93. The molecule has 8 heteroatoms. The summed E-state index contributed by atoms with van der Waals surface area (Å²) < 4.78 is 9.82. The number of alkyl carbamates (subject to hydrolysis) is 1. The summed E-state index contributed by atoms with van der Waals surface area (Å²) in [4.78, 5) is 36.1. The number of rotatable bonds is 10. The molecule has 0 heterocycles. The van der Waals surface area contributed by atoms with Crippen LogP contribution in [0, 0.1) is 6.92 Å². The number of aliphatic hydroxyl groups excluding tert-OH is 1. The second kappa shape index (κ2) is 12.3. The zero-order chi connectivity index (χ0) is 22.6. The molecule has 0 saturated carbocycles. The van der Waals surface area contributed by atoms with E-state index in [2.05, 4.69) is 10.6 Å². The molecular weight excluding hydrogens is 400 g/mol. The normalized spacial score (nSPS) is 12.4. The van der Waals surface area contributed by atoms with Crippen LogP contribution >= 0.6 is 0 Å². The largest absolute Gasteiger partial charge is 0.467 e. The quantitative estimate of drug-likeness (QED) is 0.498. The van der Waals surface area contributed by atoms with Crippen LogP contribution in [0.1, 0.15) is 23.1 Å². The van der Waals surface area contributed by atoms with E-state index >= 15 is 0 Å². The first-order valence-electron chi connectivity index (χ1n) is 9.92. The smallest absolute Gasteiger partial charge is 0.407 e. The lowest BCUT2D eigenvalue weighted by Gasteiger charge is -2.18. The second-order valence-electron chi connectivity index (χ2n) is 7.14. The number of carbonyl (C=O) groups excluding carboxylic acids is 3. The van der Waals surface area contributed by atoms with Gasteiger partial charge in [-0.3, -0.25) is 4.79 Å². The lowest BCUT2D eigenvalue weighted by atomic mass is 10.0. The van der Waals surface area contributed by atoms with Gasteiger partial charge >= 0.3 is 12.1 Å². The van der Waals surface area contributed by atoms with Crippen LogP contribution < -0.4 is 10.6 Å².